The first-order valence-corrected chi connectivity index (χ1v) is 6.67. The number of hydrogen-bond acceptors (Lipinski definition) is 2. The molecule has 3 nitrogen and oxygen atoms in total. The topological polar surface area (TPSA) is 40.5 Å². The summed E-state index contributed by atoms with van der Waals surface area (Å²) in [4.78, 5) is 13.5. The average Bonchev–Trinajstić information content (AvgIpc) is 2.81. The third-order valence-electron chi connectivity index (χ3n) is 3.70. The summed E-state index contributed by atoms with van der Waals surface area (Å²) in [6, 6.07) is 4.69. The first-order chi connectivity index (χ1) is 8.90. The van der Waals surface area contributed by atoms with Gasteiger partial charge < -0.3 is 10.0 Å². The first-order valence-electron chi connectivity index (χ1n) is 6.67. The molecule has 1 aromatic carbocycles. The third-order valence-corrected chi connectivity index (χ3v) is 3.70. The lowest BCUT2D eigenvalue weighted by molar-refractivity contribution is -0.146. The van der Waals surface area contributed by atoms with E-state index in [4.69, 9.17) is 0 Å². The zero-order chi connectivity index (χ0) is 14.0. The van der Waals surface area contributed by atoms with Gasteiger partial charge in [-0.25, -0.2) is 4.39 Å². The predicted octanol–water partition coefficient (Wildman–Crippen LogP) is 3.08. The molecule has 0 radical (unpaired) electrons. The van der Waals surface area contributed by atoms with Crippen LogP contribution >= 0.6 is 0 Å². The number of carboxylic acid groups (broad SMARTS) is 1. The van der Waals surface area contributed by atoms with Crippen molar-refractivity contribution >= 4 is 11.7 Å². The molecule has 0 aromatic heterocycles. The fourth-order valence-electron chi connectivity index (χ4n) is 2.51. The normalized spacial score (nSPS) is 15.8. The number of rotatable bonds is 4. The van der Waals surface area contributed by atoms with Crippen LogP contribution in [0.15, 0.2) is 18.2 Å². The average molecular weight is 265 g/mol. The Bertz CT molecular complexity index is 479. The van der Waals surface area contributed by atoms with Gasteiger partial charge in [0.05, 0.1) is 5.41 Å². The van der Waals surface area contributed by atoms with E-state index in [0.29, 0.717) is 6.42 Å². The van der Waals surface area contributed by atoms with Crippen molar-refractivity contribution in [3.05, 3.63) is 29.6 Å². The Labute approximate surface area is 113 Å². The lowest BCUT2D eigenvalue weighted by atomic mass is 9.85. The third kappa shape index (κ3) is 3.06. The number of anilines is 1. The van der Waals surface area contributed by atoms with Crippen molar-refractivity contribution in [3.63, 3.8) is 0 Å². The number of benzene rings is 1. The van der Waals surface area contributed by atoms with Crippen LogP contribution in [0, 0.1) is 11.2 Å². The Morgan fingerprint density at radius 2 is 2.00 bits per heavy atom. The summed E-state index contributed by atoms with van der Waals surface area (Å²) in [5, 5.41) is 9.22. The van der Waals surface area contributed by atoms with Crippen molar-refractivity contribution < 1.29 is 14.3 Å². The van der Waals surface area contributed by atoms with Gasteiger partial charge >= 0.3 is 5.97 Å². The molecule has 4 heteroatoms. The second-order valence-corrected chi connectivity index (χ2v) is 5.83. The molecule has 1 saturated heterocycles. The van der Waals surface area contributed by atoms with Gasteiger partial charge in [-0.1, -0.05) is 0 Å². The highest BCUT2D eigenvalue weighted by molar-refractivity contribution is 5.74. The monoisotopic (exact) mass is 265 g/mol. The molecular weight excluding hydrogens is 245 g/mol. The SMILES string of the molecule is CC(C)(Cc1cc(F)ccc1N1CCCC1)C(=O)O. The van der Waals surface area contributed by atoms with E-state index in [0.717, 1.165) is 37.2 Å². The molecule has 104 valence electrons. The van der Waals surface area contributed by atoms with E-state index >= 15 is 0 Å². The molecule has 1 aromatic rings. The molecule has 1 N–H and O–H groups in total. The Morgan fingerprint density at radius 1 is 1.37 bits per heavy atom. The van der Waals surface area contributed by atoms with E-state index in [1.54, 1.807) is 19.9 Å². The van der Waals surface area contributed by atoms with Gasteiger partial charge in [0.2, 0.25) is 0 Å². The summed E-state index contributed by atoms with van der Waals surface area (Å²) in [6.07, 6.45) is 2.62. The Kier molecular flexibility index (Phi) is 3.78. The maximum absolute atomic E-state index is 13.4. The van der Waals surface area contributed by atoms with Crippen LogP contribution in [0.3, 0.4) is 0 Å². The molecule has 0 aliphatic carbocycles. The highest BCUT2D eigenvalue weighted by Gasteiger charge is 2.29. The van der Waals surface area contributed by atoms with Crippen molar-refractivity contribution in [1.29, 1.82) is 0 Å². The number of carbonyl (C=O) groups is 1. The molecule has 1 fully saturated rings. The summed E-state index contributed by atoms with van der Waals surface area (Å²) in [5.41, 5.74) is 0.880. The lowest BCUT2D eigenvalue weighted by Crippen LogP contribution is -2.28. The molecule has 1 aliphatic heterocycles. The van der Waals surface area contributed by atoms with Gasteiger partial charge in [0.1, 0.15) is 5.82 Å². The Balaban J connectivity index is 2.32. The van der Waals surface area contributed by atoms with E-state index in [9.17, 15) is 14.3 Å². The van der Waals surface area contributed by atoms with Crippen molar-refractivity contribution in [3.8, 4) is 0 Å². The van der Waals surface area contributed by atoms with E-state index in [1.807, 2.05) is 0 Å². The van der Waals surface area contributed by atoms with Crippen LogP contribution in [-0.2, 0) is 11.2 Å². The van der Waals surface area contributed by atoms with Gasteiger partial charge in [-0.05, 0) is 56.9 Å². The molecule has 1 heterocycles. The summed E-state index contributed by atoms with van der Waals surface area (Å²) in [7, 11) is 0. The minimum atomic E-state index is -0.887. The fourth-order valence-corrected chi connectivity index (χ4v) is 2.51. The molecule has 2 rings (SSSR count). The van der Waals surface area contributed by atoms with Gasteiger partial charge in [-0.2, -0.15) is 0 Å². The summed E-state index contributed by atoms with van der Waals surface area (Å²) >= 11 is 0. The zero-order valence-corrected chi connectivity index (χ0v) is 11.4. The zero-order valence-electron chi connectivity index (χ0n) is 11.4. The van der Waals surface area contributed by atoms with E-state index in [-0.39, 0.29) is 5.82 Å². The number of halogens is 1. The lowest BCUT2D eigenvalue weighted by Gasteiger charge is -2.25. The second-order valence-electron chi connectivity index (χ2n) is 5.83. The minimum absolute atomic E-state index is 0.306. The Hall–Kier alpha value is -1.58. The van der Waals surface area contributed by atoms with Crippen molar-refractivity contribution in [1.82, 2.24) is 0 Å². The summed E-state index contributed by atoms with van der Waals surface area (Å²) < 4.78 is 13.4. The van der Waals surface area contributed by atoms with Crippen LogP contribution < -0.4 is 4.90 Å². The molecular formula is C15H20FNO2. The van der Waals surface area contributed by atoms with Crippen LogP contribution in [0.4, 0.5) is 10.1 Å². The second kappa shape index (κ2) is 5.19. The molecule has 0 saturated carbocycles. The largest absolute Gasteiger partial charge is 0.481 e. The van der Waals surface area contributed by atoms with Crippen LogP contribution in [0.1, 0.15) is 32.3 Å². The molecule has 0 atom stereocenters. The molecule has 0 spiro atoms. The van der Waals surface area contributed by atoms with Crippen molar-refractivity contribution in [2.75, 3.05) is 18.0 Å². The number of nitrogens with zero attached hydrogens (tertiary/aromatic N) is 1. The maximum atomic E-state index is 13.4. The smallest absolute Gasteiger partial charge is 0.309 e. The quantitative estimate of drug-likeness (QED) is 0.909. The highest BCUT2D eigenvalue weighted by atomic mass is 19.1. The van der Waals surface area contributed by atoms with Crippen LogP contribution in [0.5, 0.6) is 0 Å². The van der Waals surface area contributed by atoms with Crippen molar-refractivity contribution in [2.45, 2.75) is 33.1 Å². The molecule has 0 unspecified atom stereocenters. The Morgan fingerprint density at radius 3 is 2.58 bits per heavy atom. The van der Waals surface area contributed by atoms with E-state index < -0.39 is 11.4 Å². The minimum Gasteiger partial charge on any atom is -0.481 e. The summed E-state index contributed by atoms with van der Waals surface area (Å²) in [5.74, 6) is -1.16. The molecule has 0 bridgehead atoms. The van der Waals surface area contributed by atoms with Gasteiger partial charge in [0.25, 0.3) is 0 Å². The van der Waals surface area contributed by atoms with Crippen LogP contribution in [0.2, 0.25) is 0 Å². The van der Waals surface area contributed by atoms with Gasteiger partial charge in [0, 0.05) is 18.8 Å². The van der Waals surface area contributed by atoms with Crippen LogP contribution in [0.25, 0.3) is 0 Å². The van der Waals surface area contributed by atoms with Crippen LogP contribution in [-0.4, -0.2) is 24.2 Å². The standard InChI is InChI=1S/C15H20FNO2/c1-15(2,14(18)19)10-11-9-12(16)5-6-13(11)17-7-3-4-8-17/h5-6,9H,3-4,7-8,10H2,1-2H3,(H,18,19). The van der Waals surface area contributed by atoms with Crippen molar-refractivity contribution in [2.24, 2.45) is 5.41 Å². The number of aliphatic carboxylic acids is 1. The van der Waals surface area contributed by atoms with Gasteiger partial charge in [0.15, 0.2) is 0 Å². The summed E-state index contributed by atoms with van der Waals surface area (Å²) in [6.45, 7) is 5.28. The first kappa shape index (κ1) is 13.8. The molecule has 0 amide bonds. The highest BCUT2D eigenvalue weighted by Crippen LogP contribution is 2.31. The maximum Gasteiger partial charge on any atom is 0.309 e. The fraction of sp³-hybridized carbons (Fsp3) is 0.533. The predicted molar refractivity (Wildman–Crippen MR) is 73.0 cm³/mol. The molecule has 19 heavy (non-hydrogen) atoms. The van der Waals surface area contributed by atoms with Gasteiger partial charge in [-0.15, -0.1) is 0 Å². The van der Waals surface area contributed by atoms with E-state index in [2.05, 4.69) is 4.90 Å². The number of carboxylic acids is 1. The van der Waals surface area contributed by atoms with Gasteiger partial charge in [-0.3, -0.25) is 4.79 Å². The van der Waals surface area contributed by atoms with E-state index in [1.165, 1.54) is 12.1 Å². The number of hydrogen-bond donors (Lipinski definition) is 1. The molecule has 1 aliphatic rings.